The zero-order valence-corrected chi connectivity index (χ0v) is 12.6. The summed E-state index contributed by atoms with van der Waals surface area (Å²) in [5.41, 5.74) is 7.84. The summed E-state index contributed by atoms with van der Waals surface area (Å²) in [6, 6.07) is 9.20. The van der Waals surface area contributed by atoms with Crippen LogP contribution in [0, 0.1) is 11.8 Å². The van der Waals surface area contributed by atoms with E-state index in [1.807, 2.05) is 6.07 Å². The molecule has 1 fully saturated rings. The molecule has 1 atom stereocenters. The molecule has 108 valence electrons. The first-order valence-corrected chi connectivity index (χ1v) is 7.35. The minimum atomic E-state index is 0.418. The maximum absolute atomic E-state index is 5.42. The van der Waals surface area contributed by atoms with Gasteiger partial charge in [0.1, 0.15) is 0 Å². The molecule has 0 radical (unpaired) electrons. The third-order valence-corrected chi connectivity index (χ3v) is 3.72. The second kappa shape index (κ2) is 7.44. The highest BCUT2D eigenvalue weighted by molar-refractivity contribution is 5.37. The summed E-state index contributed by atoms with van der Waals surface area (Å²) < 4.78 is 0. The molecule has 1 aliphatic rings. The number of hydrogen-bond donors (Lipinski definition) is 1. The second-order valence-electron chi connectivity index (χ2n) is 5.74. The molecule has 0 aliphatic carbocycles. The van der Waals surface area contributed by atoms with Crippen molar-refractivity contribution in [3.8, 4) is 11.8 Å². The predicted molar refractivity (Wildman–Crippen MR) is 84.4 cm³/mol. The van der Waals surface area contributed by atoms with E-state index in [1.54, 1.807) is 0 Å². The van der Waals surface area contributed by atoms with Gasteiger partial charge in [0.2, 0.25) is 0 Å². The molecule has 1 heterocycles. The van der Waals surface area contributed by atoms with Crippen LogP contribution in [0.2, 0.25) is 0 Å². The SMILES string of the molecule is CN(C)CC1CCCN1Cc1cccc(C#CCN)c1. The van der Waals surface area contributed by atoms with Crippen LogP contribution in [0.15, 0.2) is 24.3 Å². The molecule has 3 nitrogen and oxygen atoms in total. The number of likely N-dealkylation sites (tertiary alicyclic amines) is 1. The predicted octanol–water partition coefficient (Wildman–Crippen LogP) is 1.52. The van der Waals surface area contributed by atoms with E-state index in [0.717, 1.165) is 18.7 Å². The minimum Gasteiger partial charge on any atom is -0.320 e. The van der Waals surface area contributed by atoms with E-state index >= 15 is 0 Å². The van der Waals surface area contributed by atoms with Crippen molar-refractivity contribution in [2.75, 3.05) is 33.7 Å². The zero-order chi connectivity index (χ0) is 14.4. The summed E-state index contributed by atoms with van der Waals surface area (Å²) in [7, 11) is 4.30. The second-order valence-corrected chi connectivity index (χ2v) is 5.74. The summed E-state index contributed by atoms with van der Waals surface area (Å²) in [5.74, 6) is 6.03. The van der Waals surface area contributed by atoms with Gasteiger partial charge in [-0.1, -0.05) is 24.0 Å². The molecule has 1 aromatic carbocycles. The van der Waals surface area contributed by atoms with Crippen LogP contribution in [-0.4, -0.2) is 49.6 Å². The van der Waals surface area contributed by atoms with Gasteiger partial charge in [-0.25, -0.2) is 0 Å². The summed E-state index contributed by atoms with van der Waals surface area (Å²) in [6.07, 6.45) is 2.62. The Bertz CT molecular complexity index is 484. The lowest BCUT2D eigenvalue weighted by Gasteiger charge is -2.27. The molecule has 3 heteroatoms. The van der Waals surface area contributed by atoms with Gasteiger partial charge >= 0.3 is 0 Å². The van der Waals surface area contributed by atoms with E-state index in [-0.39, 0.29) is 0 Å². The Morgan fingerprint density at radius 3 is 3.00 bits per heavy atom. The van der Waals surface area contributed by atoms with Gasteiger partial charge in [-0.3, -0.25) is 4.90 Å². The Morgan fingerprint density at radius 2 is 2.25 bits per heavy atom. The van der Waals surface area contributed by atoms with Crippen molar-refractivity contribution in [2.24, 2.45) is 5.73 Å². The average Bonchev–Trinajstić information content (AvgIpc) is 2.83. The first-order valence-electron chi connectivity index (χ1n) is 7.35. The van der Waals surface area contributed by atoms with Crippen LogP contribution in [0.4, 0.5) is 0 Å². The molecule has 1 aliphatic heterocycles. The molecule has 0 aromatic heterocycles. The van der Waals surface area contributed by atoms with Gasteiger partial charge in [-0.15, -0.1) is 0 Å². The molecule has 0 amide bonds. The summed E-state index contributed by atoms with van der Waals surface area (Å²) in [5, 5.41) is 0. The monoisotopic (exact) mass is 271 g/mol. The van der Waals surface area contributed by atoms with Crippen LogP contribution < -0.4 is 5.73 Å². The van der Waals surface area contributed by atoms with Crippen LogP contribution in [0.5, 0.6) is 0 Å². The van der Waals surface area contributed by atoms with E-state index in [1.165, 1.54) is 24.9 Å². The fourth-order valence-corrected chi connectivity index (χ4v) is 2.87. The van der Waals surface area contributed by atoms with Gasteiger partial charge in [0.25, 0.3) is 0 Å². The van der Waals surface area contributed by atoms with Crippen LogP contribution in [0.1, 0.15) is 24.0 Å². The van der Waals surface area contributed by atoms with Gasteiger partial charge in [0.15, 0.2) is 0 Å². The van der Waals surface area contributed by atoms with E-state index in [9.17, 15) is 0 Å². The summed E-state index contributed by atoms with van der Waals surface area (Å²) in [6.45, 7) is 3.79. The van der Waals surface area contributed by atoms with Crippen molar-refractivity contribution in [3.63, 3.8) is 0 Å². The van der Waals surface area contributed by atoms with Crippen molar-refractivity contribution >= 4 is 0 Å². The molecule has 1 aromatic rings. The number of likely N-dealkylation sites (N-methyl/N-ethyl adjacent to an activating group) is 1. The number of nitrogens with zero attached hydrogens (tertiary/aromatic N) is 2. The molecular formula is C17H25N3. The molecule has 2 N–H and O–H groups in total. The largest absolute Gasteiger partial charge is 0.320 e. The Kier molecular flexibility index (Phi) is 5.60. The Labute approximate surface area is 122 Å². The highest BCUT2D eigenvalue weighted by Crippen LogP contribution is 2.20. The molecule has 1 unspecified atom stereocenters. The smallest absolute Gasteiger partial charge is 0.0555 e. The summed E-state index contributed by atoms with van der Waals surface area (Å²) in [4.78, 5) is 4.88. The number of nitrogens with two attached hydrogens (primary N) is 1. The fourth-order valence-electron chi connectivity index (χ4n) is 2.87. The first-order chi connectivity index (χ1) is 9.69. The lowest BCUT2D eigenvalue weighted by Crippen LogP contribution is -2.37. The van der Waals surface area contributed by atoms with Gasteiger partial charge in [-0.2, -0.15) is 0 Å². The maximum Gasteiger partial charge on any atom is 0.0555 e. The molecule has 2 rings (SSSR count). The van der Waals surface area contributed by atoms with Crippen LogP contribution in [-0.2, 0) is 6.54 Å². The zero-order valence-electron chi connectivity index (χ0n) is 12.6. The molecule has 0 saturated carbocycles. The van der Waals surface area contributed by atoms with Crippen molar-refractivity contribution < 1.29 is 0 Å². The van der Waals surface area contributed by atoms with E-state index in [0.29, 0.717) is 12.6 Å². The van der Waals surface area contributed by atoms with Crippen molar-refractivity contribution in [3.05, 3.63) is 35.4 Å². The molecule has 0 spiro atoms. The quantitative estimate of drug-likeness (QED) is 0.843. The van der Waals surface area contributed by atoms with Crippen molar-refractivity contribution in [1.82, 2.24) is 9.80 Å². The molecule has 20 heavy (non-hydrogen) atoms. The van der Waals surface area contributed by atoms with E-state index in [2.05, 4.69) is 53.9 Å². The highest BCUT2D eigenvalue weighted by Gasteiger charge is 2.24. The topological polar surface area (TPSA) is 32.5 Å². The maximum atomic E-state index is 5.42. The fraction of sp³-hybridized carbons (Fsp3) is 0.529. The lowest BCUT2D eigenvalue weighted by molar-refractivity contribution is 0.201. The van der Waals surface area contributed by atoms with Crippen LogP contribution in [0.3, 0.4) is 0 Å². The van der Waals surface area contributed by atoms with E-state index in [4.69, 9.17) is 5.73 Å². The van der Waals surface area contributed by atoms with Gasteiger partial charge in [-0.05, 0) is 51.2 Å². The van der Waals surface area contributed by atoms with Gasteiger partial charge in [0, 0.05) is 24.7 Å². The third-order valence-electron chi connectivity index (χ3n) is 3.72. The molecule has 1 saturated heterocycles. The highest BCUT2D eigenvalue weighted by atomic mass is 15.2. The van der Waals surface area contributed by atoms with E-state index < -0.39 is 0 Å². The van der Waals surface area contributed by atoms with Crippen molar-refractivity contribution in [2.45, 2.75) is 25.4 Å². The standard InChI is InChI=1S/C17H25N3/c1-19(2)14-17-9-5-11-20(17)13-16-7-3-6-15(12-16)8-4-10-18/h3,6-7,12,17H,5,9-11,13-14,18H2,1-2H3. The third kappa shape index (κ3) is 4.35. The average molecular weight is 271 g/mol. The Hall–Kier alpha value is -1.34. The minimum absolute atomic E-state index is 0.418. The van der Waals surface area contributed by atoms with Crippen LogP contribution >= 0.6 is 0 Å². The summed E-state index contributed by atoms with van der Waals surface area (Å²) >= 11 is 0. The molecule has 0 bridgehead atoms. The number of rotatable bonds is 4. The first kappa shape index (κ1) is 15.1. The molecular weight excluding hydrogens is 246 g/mol. The normalized spacial score (nSPS) is 19.1. The van der Waals surface area contributed by atoms with Gasteiger partial charge < -0.3 is 10.6 Å². The van der Waals surface area contributed by atoms with Crippen LogP contribution in [0.25, 0.3) is 0 Å². The Morgan fingerprint density at radius 1 is 1.40 bits per heavy atom. The van der Waals surface area contributed by atoms with Gasteiger partial charge in [0.05, 0.1) is 6.54 Å². The lowest BCUT2D eigenvalue weighted by atomic mass is 10.1. The number of hydrogen-bond acceptors (Lipinski definition) is 3. The van der Waals surface area contributed by atoms with Crippen molar-refractivity contribution in [1.29, 1.82) is 0 Å². The number of benzene rings is 1. The Balaban J connectivity index is 2.01.